The third-order valence-electron chi connectivity index (χ3n) is 5.77. The molecule has 0 aliphatic carbocycles. The van der Waals surface area contributed by atoms with Crippen molar-refractivity contribution in [2.24, 2.45) is 5.92 Å². The van der Waals surface area contributed by atoms with Crippen molar-refractivity contribution in [2.75, 3.05) is 27.2 Å². The molecule has 2 aromatic rings. The summed E-state index contributed by atoms with van der Waals surface area (Å²) in [4.78, 5) is 14.8. The van der Waals surface area contributed by atoms with Crippen molar-refractivity contribution in [2.45, 2.75) is 30.7 Å². The van der Waals surface area contributed by atoms with E-state index in [1.54, 1.807) is 19.1 Å². The van der Waals surface area contributed by atoms with Gasteiger partial charge >= 0.3 is 0 Å². The molecule has 8 heteroatoms. The van der Waals surface area contributed by atoms with Gasteiger partial charge in [-0.2, -0.15) is 4.31 Å². The lowest BCUT2D eigenvalue weighted by Gasteiger charge is -2.34. The number of nitrogens with zero attached hydrogens (tertiary/aromatic N) is 2. The monoisotopic (exact) mass is 434 g/mol. The molecular weight excluding hydrogens is 407 g/mol. The lowest BCUT2D eigenvalue weighted by atomic mass is 9.95. The van der Waals surface area contributed by atoms with Crippen LogP contribution < -0.4 is 4.74 Å². The molecule has 1 atom stereocenters. The summed E-state index contributed by atoms with van der Waals surface area (Å²) in [5, 5.41) is 0. The molecule has 1 saturated heterocycles. The molecule has 0 spiro atoms. The van der Waals surface area contributed by atoms with Crippen molar-refractivity contribution in [1.82, 2.24) is 9.21 Å². The van der Waals surface area contributed by atoms with Gasteiger partial charge in [0.2, 0.25) is 15.9 Å². The summed E-state index contributed by atoms with van der Waals surface area (Å²) in [6.45, 7) is 2.46. The van der Waals surface area contributed by atoms with Gasteiger partial charge in [-0.25, -0.2) is 12.8 Å². The van der Waals surface area contributed by atoms with Crippen molar-refractivity contribution < 1.29 is 22.3 Å². The molecule has 1 unspecified atom stereocenters. The molecule has 30 heavy (non-hydrogen) atoms. The minimum atomic E-state index is -3.69. The lowest BCUT2D eigenvalue weighted by Crippen LogP contribution is -2.44. The van der Waals surface area contributed by atoms with Crippen LogP contribution in [-0.2, 0) is 14.8 Å². The van der Waals surface area contributed by atoms with Gasteiger partial charge in [-0.3, -0.25) is 4.79 Å². The number of ether oxygens (including phenoxy) is 1. The van der Waals surface area contributed by atoms with E-state index in [1.807, 2.05) is 31.2 Å². The van der Waals surface area contributed by atoms with Crippen LogP contribution in [0.2, 0.25) is 0 Å². The van der Waals surface area contributed by atoms with Crippen LogP contribution in [0, 0.1) is 11.7 Å². The molecule has 1 aliphatic heterocycles. The summed E-state index contributed by atoms with van der Waals surface area (Å²) in [6, 6.07) is 12.2. The standard InChI is InChI=1S/C22H27FN2O4S/c1-16(20-6-4-5-7-21(20)29-3)24(2)22(26)17-12-14-25(15-13-17)30(27,28)19-10-8-18(23)9-11-19/h4-11,16-17H,12-15H2,1-3H3. The molecule has 1 heterocycles. The first-order chi connectivity index (χ1) is 14.3. The molecule has 0 bridgehead atoms. The maximum atomic E-state index is 13.1. The number of hydrogen-bond donors (Lipinski definition) is 0. The molecule has 0 saturated carbocycles. The number of halogens is 1. The average molecular weight is 435 g/mol. The quantitative estimate of drug-likeness (QED) is 0.698. The molecule has 1 amide bonds. The molecule has 6 nitrogen and oxygen atoms in total. The van der Waals surface area contributed by atoms with E-state index in [0.717, 1.165) is 23.4 Å². The Bertz CT molecular complexity index is 986. The van der Waals surface area contributed by atoms with Crippen molar-refractivity contribution >= 4 is 15.9 Å². The number of hydrogen-bond acceptors (Lipinski definition) is 4. The summed E-state index contributed by atoms with van der Waals surface area (Å²) in [7, 11) is -0.324. The van der Waals surface area contributed by atoms with Crippen LogP contribution in [0.25, 0.3) is 0 Å². The van der Waals surface area contributed by atoms with Crippen LogP contribution in [0.3, 0.4) is 0 Å². The van der Waals surface area contributed by atoms with Crippen LogP contribution in [0.5, 0.6) is 5.75 Å². The Kier molecular flexibility index (Phi) is 6.77. The molecule has 1 aliphatic rings. The largest absolute Gasteiger partial charge is 0.496 e. The smallest absolute Gasteiger partial charge is 0.243 e. The number of piperidine rings is 1. The van der Waals surface area contributed by atoms with Crippen molar-refractivity contribution in [3.63, 3.8) is 0 Å². The lowest BCUT2D eigenvalue weighted by molar-refractivity contribution is -0.137. The summed E-state index contributed by atoms with van der Waals surface area (Å²) >= 11 is 0. The topological polar surface area (TPSA) is 66.9 Å². The highest BCUT2D eigenvalue weighted by Gasteiger charge is 2.34. The number of carbonyl (C=O) groups excluding carboxylic acids is 1. The molecule has 0 N–H and O–H groups in total. The van der Waals surface area contributed by atoms with Crippen LogP contribution in [-0.4, -0.2) is 50.8 Å². The molecule has 3 rings (SSSR count). The summed E-state index contributed by atoms with van der Waals surface area (Å²) in [5.41, 5.74) is 0.923. The van der Waals surface area contributed by atoms with E-state index in [-0.39, 0.29) is 35.9 Å². The van der Waals surface area contributed by atoms with Gasteiger partial charge in [0.25, 0.3) is 0 Å². The zero-order chi connectivity index (χ0) is 21.9. The van der Waals surface area contributed by atoms with E-state index in [4.69, 9.17) is 4.74 Å². The Hall–Kier alpha value is -2.45. The van der Waals surface area contributed by atoms with E-state index in [1.165, 1.54) is 16.4 Å². The second-order valence-corrected chi connectivity index (χ2v) is 9.44. The van der Waals surface area contributed by atoms with Gasteiger partial charge in [0.1, 0.15) is 11.6 Å². The highest BCUT2D eigenvalue weighted by Crippen LogP contribution is 2.31. The Morgan fingerprint density at radius 2 is 1.73 bits per heavy atom. The summed E-state index contributed by atoms with van der Waals surface area (Å²) in [5.74, 6) is -0.00520. The van der Waals surface area contributed by atoms with Gasteiger partial charge in [0.15, 0.2) is 0 Å². The predicted octanol–water partition coefficient (Wildman–Crippen LogP) is 3.45. The predicted molar refractivity (Wildman–Crippen MR) is 112 cm³/mol. The van der Waals surface area contributed by atoms with E-state index >= 15 is 0 Å². The van der Waals surface area contributed by atoms with Crippen LogP contribution in [0.15, 0.2) is 53.4 Å². The van der Waals surface area contributed by atoms with E-state index in [2.05, 4.69) is 0 Å². The normalized spacial score (nSPS) is 16.8. The van der Waals surface area contributed by atoms with Crippen molar-refractivity contribution in [1.29, 1.82) is 0 Å². The first kappa shape index (κ1) is 22.2. The Balaban J connectivity index is 1.65. The van der Waals surface area contributed by atoms with Gasteiger partial charge in [-0.05, 0) is 50.1 Å². The average Bonchev–Trinajstić information content (AvgIpc) is 2.78. The summed E-state index contributed by atoms with van der Waals surface area (Å²) < 4.78 is 45.4. The van der Waals surface area contributed by atoms with E-state index in [9.17, 15) is 17.6 Å². The van der Waals surface area contributed by atoms with Gasteiger partial charge in [0, 0.05) is 31.6 Å². The van der Waals surface area contributed by atoms with Crippen molar-refractivity contribution in [3.05, 3.63) is 59.9 Å². The fourth-order valence-electron chi connectivity index (χ4n) is 3.80. The number of amides is 1. The minimum absolute atomic E-state index is 0.00719. The number of methoxy groups -OCH3 is 1. The second kappa shape index (κ2) is 9.14. The van der Waals surface area contributed by atoms with E-state index in [0.29, 0.717) is 12.8 Å². The highest BCUT2D eigenvalue weighted by atomic mass is 32.2. The zero-order valence-corrected chi connectivity index (χ0v) is 18.2. The Morgan fingerprint density at radius 3 is 2.33 bits per heavy atom. The minimum Gasteiger partial charge on any atom is -0.496 e. The van der Waals surface area contributed by atoms with Crippen molar-refractivity contribution in [3.8, 4) is 5.75 Å². The SMILES string of the molecule is COc1ccccc1C(C)N(C)C(=O)C1CCN(S(=O)(=O)c2ccc(F)cc2)CC1. The number of sulfonamides is 1. The molecular formula is C22H27FN2O4S. The first-order valence-electron chi connectivity index (χ1n) is 9.91. The second-order valence-electron chi connectivity index (χ2n) is 7.50. The van der Waals surface area contributed by atoms with Crippen LogP contribution >= 0.6 is 0 Å². The first-order valence-corrected chi connectivity index (χ1v) is 11.3. The number of carbonyl (C=O) groups is 1. The Morgan fingerprint density at radius 1 is 1.13 bits per heavy atom. The van der Waals surface area contributed by atoms with Gasteiger partial charge in [-0.1, -0.05) is 18.2 Å². The maximum Gasteiger partial charge on any atom is 0.243 e. The van der Waals surface area contributed by atoms with Gasteiger partial charge in [-0.15, -0.1) is 0 Å². The third kappa shape index (κ3) is 4.49. The summed E-state index contributed by atoms with van der Waals surface area (Å²) in [6.07, 6.45) is 0.893. The molecule has 2 aromatic carbocycles. The van der Waals surface area contributed by atoms with Gasteiger partial charge < -0.3 is 9.64 Å². The number of para-hydroxylation sites is 1. The third-order valence-corrected chi connectivity index (χ3v) is 7.69. The maximum absolute atomic E-state index is 13.1. The van der Waals surface area contributed by atoms with E-state index < -0.39 is 15.8 Å². The fraction of sp³-hybridized carbons (Fsp3) is 0.409. The highest BCUT2D eigenvalue weighted by molar-refractivity contribution is 7.89. The molecule has 0 radical (unpaired) electrons. The molecule has 1 fully saturated rings. The number of benzene rings is 2. The number of rotatable bonds is 6. The molecule has 162 valence electrons. The van der Waals surface area contributed by atoms with Gasteiger partial charge in [0.05, 0.1) is 18.0 Å². The van der Waals surface area contributed by atoms with Crippen LogP contribution in [0.4, 0.5) is 4.39 Å². The van der Waals surface area contributed by atoms with Crippen LogP contribution in [0.1, 0.15) is 31.4 Å². The Labute approximate surface area is 177 Å². The fourth-order valence-corrected chi connectivity index (χ4v) is 5.27. The zero-order valence-electron chi connectivity index (χ0n) is 17.4. The molecule has 0 aromatic heterocycles.